The second kappa shape index (κ2) is 6.68. The molecule has 1 N–H and O–H groups in total. The summed E-state index contributed by atoms with van der Waals surface area (Å²) in [6.07, 6.45) is 6.44. The van der Waals surface area contributed by atoms with E-state index in [0.717, 1.165) is 15.6 Å². The van der Waals surface area contributed by atoms with Gasteiger partial charge >= 0.3 is 0 Å². The van der Waals surface area contributed by atoms with Gasteiger partial charge in [0.2, 0.25) is 0 Å². The normalized spacial score (nSPS) is 19.5. The molecule has 1 atom stereocenters. The van der Waals surface area contributed by atoms with Gasteiger partial charge in [-0.1, -0.05) is 49.9 Å². The van der Waals surface area contributed by atoms with E-state index in [4.69, 9.17) is 23.2 Å². The van der Waals surface area contributed by atoms with Gasteiger partial charge in [0.1, 0.15) is 0 Å². The lowest BCUT2D eigenvalue weighted by atomic mass is 9.70. The van der Waals surface area contributed by atoms with Gasteiger partial charge < -0.3 is 5.32 Å². The van der Waals surface area contributed by atoms with Crippen LogP contribution in [0.2, 0.25) is 10.0 Å². The minimum atomic E-state index is 0.290. The molecule has 2 rings (SSSR count). The van der Waals surface area contributed by atoms with Crippen molar-refractivity contribution < 1.29 is 0 Å². The van der Waals surface area contributed by atoms with Crippen LogP contribution in [0.4, 0.5) is 0 Å². The first-order valence-electron chi connectivity index (χ1n) is 7.61. The maximum Gasteiger partial charge on any atom is 0.0455 e. The molecular formula is C17H25Cl2N. The summed E-state index contributed by atoms with van der Waals surface area (Å²) >= 11 is 12.6. The summed E-state index contributed by atoms with van der Waals surface area (Å²) < 4.78 is 0. The fraction of sp³-hybridized carbons (Fsp3) is 0.647. The topological polar surface area (TPSA) is 12.0 Å². The van der Waals surface area contributed by atoms with E-state index in [1.165, 1.54) is 32.1 Å². The van der Waals surface area contributed by atoms with Gasteiger partial charge in [0.25, 0.3) is 0 Å². The highest BCUT2D eigenvalue weighted by Gasteiger charge is 2.42. The van der Waals surface area contributed by atoms with Crippen molar-refractivity contribution in [2.75, 3.05) is 7.05 Å². The summed E-state index contributed by atoms with van der Waals surface area (Å²) in [7, 11) is 2.04. The summed E-state index contributed by atoms with van der Waals surface area (Å²) in [6.45, 7) is 4.62. The molecule has 0 bridgehead atoms. The zero-order valence-corrected chi connectivity index (χ0v) is 14.2. The van der Waals surface area contributed by atoms with Gasteiger partial charge in [-0.25, -0.2) is 0 Å². The molecule has 0 heterocycles. The third-order valence-corrected chi connectivity index (χ3v) is 5.16. The molecule has 1 aliphatic rings. The third-order valence-electron chi connectivity index (χ3n) is 4.58. The van der Waals surface area contributed by atoms with Crippen molar-refractivity contribution in [3.05, 3.63) is 33.8 Å². The molecule has 0 spiro atoms. The predicted octanol–water partition coefficient (Wildman–Crippen LogP) is 5.86. The van der Waals surface area contributed by atoms with Crippen molar-refractivity contribution >= 4 is 23.2 Å². The molecule has 20 heavy (non-hydrogen) atoms. The molecule has 1 aromatic rings. The maximum atomic E-state index is 6.45. The van der Waals surface area contributed by atoms with E-state index in [1.54, 1.807) is 0 Å². The molecular weight excluding hydrogens is 289 g/mol. The molecule has 3 heteroatoms. The lowest BCUT2D eigenvalue weighted by Gasteiger charge is -2.40. The van der Waals surface area contributed by atoms with E-state index < -0.39 is 0 Å². The molecule has 1 aliphatic carbocycles. The Balaban J connectivity index is 2.40. The smallest absolute Gasteiger partial charge is 0.0455 e. The Morgan fingerprint density at radius 3 is 2.40 bits per heavy atom. The number of hydrogen-bond donors (Lipinski definition) is 1. The van der Waals surface area contributed by atoms with Crippen LogP contribution in [0.1, 0.15) is 57.6 Å². The van der Waals surface area contributed by atoms with E-state index in [1.807, 2.05) is 25.2 Å². The average Bonchev–Trinajstić information content (AvgIpc) is 2.83. The molecule has 0 aromatic heterocycles. The Bertz CT molecular complexity index is 450. The summed E-state index contributed by atoms with van der Waals surface area (Å²) in [5, 5.41) is 5.12. The molecule has 1 fully saturated rings. The average molecular weight is 314 g/mol. The van der Waals surface area contributed by atoms with Crippen molar-refractivity contribution in [3.63, 3.8) is 0 Å². The van der Waals surface area contributed by atoms with Gasteiger partial charge in [-0.2, -0.15) is 0 Å². The molecule has 1 nitrogen and oxygen atoms in total. The molecule has 1 unspecified atom stereocenters. The number of halogens is 2. The largest absolute Gasteiger partial charge is 0.312 e. The molecule has 0 saturated heterocycles. The first-order chi connectivity index (χ1) is 9.48. The SMILES string of the molecule is CNC(c1cc(Cl)ccc1Cl)C1(CC(C)C)CCCC1. The van der Waals surface area contributed by atoms with Gasteiger partial charge in [-0.15, -0.1) is 0 Å². The van der Waals surface area contributed by atoms with E-state index in [0.29, 0.717) is 17.4 Å². The minimum Gasteiger partial charge on any atom is -0.312 e. The standard InChI is InChI=1S/C17H25Cl2N/c1-12(2)11-17(8-4-5-9-17)16(20-3)14-10-13(18)6-7-15(14)19/h6-7,10,12,16,20H,4-5,8-9,11H2,1-3H3. The van der Waals surface area contributed by atoms with E-state index in [-0.39, 0.29) is 0 Å². The Labute approximate surface area is 133 Å². The van der Waals surface area contributed by atoms with Crippen LogP contribution >= 0.6 is 23.2 Å². The third kappa shape index (κ3) is 3.32. The molecule has 112 valence electrons. The number of rotatable bonds is 5. The second-order valence-electron chi connectivity index (χ2n) is 6.55. The molecule has 1 aromatic carbocycles. The fourth-order valence-electron chi connectivity index (χ4n) is 4.03. The Morgan fingerprint density at radius 2 is 1.85 bits per heavy atom. The first-order valence-corrected chi connectivity index (χ1v) is 8.36. The van der Waals surface area contributed by atoms with Crippen LogP contribution in [0.3, 0.4) is 0 Å². The van der Waals surface area contributed by atoms with Crippen LogP contribution in [-0.2, 0) is 0 Å². The van der Waals surface area contributed by atoms with E-state index >= 15 is 0 Å². The summed E-state index contributed by atoms with van der Waals surface area (Å²) in [6, 6.07) is 6.11. The highest BCUT2D eigenvalue weighted by Crippen LogP contribution is 2.52. The minimum absolute atomic E-state index is 0.290. The Morgan fingerprint density at radius 1 is 1.20 bits per heavy atom. The number of hydrogen-bond acceptors (Lipinski definition) is 1. The van der Waals surface area contributed by atoms with Crippen LogP contribution in [-0.4, -0.2) is 7.05 Å². The molecule has 1 saturated carbocycles. The van der Waals surface area contributed by atoms with Gasteiger partial charge in [-0.3, -0.25) is 0 Å². The van der Waals surface area contributed by atoms with Crippen molar-refractivity contribution in [1.82, 2.24) is 5.32 Å². The van der Waals surface area contributed by atoms with Crippen molar-refractivity contribution in [2.45, 2.75) is 52.0 Å². The highest BCUT2D eigenvalue weighted by molar-refractivity contribution is 6.33. The fourth-order valence-corrected chi connectivity index (χ4v) is 4.44. The van der Waals surface area contributed by atoms with Crippen LogP contribution < -0.4 is 5.32 Å². The summed E-state index contributed by atoms with van der Waals surface area (Å²) in [5.74, 6) is 0.696. The second-order valence-corrected chi connectivity index (χ2v) is 7.40. The van der Waals surface area contributed by atoms with Crippen molar-refractivity contribution in [1.29, 1.82) is 0 Å². The Kier molecular flexibility index (Phi) is 5.39. The van der Waals surface area contributed by atoms with Crippen molar-refractivity contribution in [2.24, 2.45) is 11.3 Å². The number of nitrogens with one attached hydrogen (secondary N) is 1. The van der Waals surface area contributed by atoms with E-state index in [9.17, 15) is 0 Å². The van der Waals surface area contributed by atoms with Gasteiger partial charge in [0.05, 0.1) is 0 Å². The van der Waals surface area contributed by atoms with Crippen LogP contribution in [0, 0.1) is 11.3 Å². The first kappa shape index (κ1) is 16.1. The Hall–Kier alpha value is -0.240. The predicted molar refractivity (Wildman–Crippen MR) is 88.6 cm³/mol. The maximum absolute atomic E-state index is 6.45. The van der Waals surface area contributed by atoms with Crippen molar-refractivity contribution in [3.8, 4) is 0 Å². The van der Waals surface area contributed by atoms with Gasteiger partial charge in [-0.05, 0) is 61.4 Å². The lowest BCUT2D eigenvalue weighted by molar-refractivity contribution is 0.162. The zero-order valence-electron chi connectivity index (χ0n) is 12.7. The summed E-state index contributed by atoms with van der Waals surface area (Å²) in [5.41, 5.74) is 1.47. The molecule has 0 amide bonds. The summed E-state index contributed by atoms with van der Waals surface area (Å²) in [4.78, 5) is 0. The monoisotopic (exact) mass is 313 g/mol. The molecule has 0 radical (unpaired) electrons. The molecule has 0 aliphatic heterocycles. The number of benzene rings is 1. The van der Waals surface area contributed by atoms with Crippen LogP contribution in [0.5, 0.6) is 0 Å². The van der Waals surface area contributed by atoms with Crippen LogP contribution in [0.15, 0.2) is 18.2 Å². The van der Waals surface area contributed by atoms with Gasteiger partial charge in [0, 0.05) is 16.1 Å². The highest BCUT2D eigenvalue weighted by atomic mass is 35.5. The van der Waals surface area contributed by atoms with E-state index in [2.05, 4.69) is 19.2 Å². The van der Waals surface area contributed by atoms with Gasteiger partial charge in [0.15, 0.2) is 0 Å². The zero-order chi connectivity index (χ0) is 14.8. The quantitative estimate of drug-likeness (QED) is 0.717. The van der Waals surface area contributed by atoms with Crippen LogP contribution in [0.25, 0.3) is 0 Å². The lowest BCUT2D eigenvalue weighted by Crippen LogP contribution is -2.36.